The van der Waals surface area contributed by atoms with E-state index >= 15 is 0 Å². The number of hydrogen-bond donors (Lipinski definition) is 2. The van der Waals surface area contributed by atoms with Crippen LogP contribution in [0.15, 0.2) is 0 Å². The van der Waals surface area contributed by atoms with E-state index in [1.807, 2.05) is 0 Å². The molecule has 0 heterocycles. The second-order valence-electron chi connectivity index (χ2n) is 1.36. The standard InChI is InChI=1S/C4H10N2S/c5-3-1-2-4(6)7/h1-3,5H2,(H2,6,7). The van der Waals surface area contributed by atoms with Crippen molar-refractivity contribution in [2.75, 3.05) is 6.54 Å². The summed E-state index contributed by atoms with van der Waals surface area (Å²) in [5.74, 6) is 0. The van der Waals surface area contributed by atoms with Crippen LogP contribution in [0.2, 0.25) is 0 Å². The molecule has 0 saturated carbocycles. The lowest BCUT2D eigenvalue weighted by atomic mass is 10.3. The van der Waals surface area contributed by atoms with E-state index < -0.39 is 0 Å². The van der Waals surface area contributed by atoms with Crippen molar-refractivity contribution in [3.8, 4) is 0 Å². The van der Waals surface area contributed by atoms with E-state index in [0.29, 0.717) is 11.5 Å². The number of hydrogen-bond acceptors (Lipinski definition) is 2. The predicted octanol–water partition coefficient (Wildman–Crippen LogP) is 0.0114. The summed E-state index contributed by atoms with van der Waals surface area (Å²) in [7, 11) is 0. The van der Waals surface area contributed by atoms with Gasteiger partial charge in [0.1, 0.15) is 0 Å². The third-order valence-corrected chi connectivity index (χ3v) is 0.831. The molecule has 0 aliphatic carbocycles. The topological polar surface area (TPSA) is 52.0 Å². The molecule has 0 atom stereocenters. The summed E-state index contributed by atoms with van der Waals surface area (Å²) in [5.41, 5.74) is 10.3. The average molecular weight is 118 g/mol. The zero-order chi connectivity index (χ0) is 5.70. The molecule has 0 unspecified atom stereocenters. The summed E-state index contributed by atoms with van der Waals surface area (Å²) in [6.07, 6.45) is 1.70. The van der Waals surface area contributed by atoms with Crippen LogP contribution in [0.3, 0.4) is 0 Å². The Balaban J connectivity index is 2.82. The second-order valence-corrected chi connectivity index (χ2v) is 1.88. The van der Waals surface area contributed by atoms with Gasteiger partial charge < -0.3 is 11.5 Å². The molecule has 0 spiro atoms. The third-order valence-electron chi connectivity index (χ3n) is 0.627. The third kappa shape index (κ3) is 5.85. The highest BCUT2D eigenvalue weighted by molar-refractivity contribution is 7.80. The Morgan fingerprint density at radius 2 is 2.14 bits per heavy atom. The lowest BCUT2D eigenvalue weighted by Gasteiger charge is -1.90. The summed E-state index contributed by atoms with van der Waals surface area (Å²) < 4.78 is 0. The van der Waals surface area contributed by atoms with Crippen LogP contribution < -0.4 is 11.5 Å². The molecular formula is C4H10N2S. The summed E-state index contributed by atoms with van der Waals surface area (Å²) in [4.78, 5) is 0.561. The van der Waals surface area contributed by atoms with Gasteiger partial charge in [0.2, 0.25) is 0 Å². The van der Waals surface area contributed by atoms with Gasteiger partial charge in [-0.1, -0.05) is 12.2 Å². The van der Waals surface area contributed by atoms with Crippen LogP contribution in [-0.4, -0.2) is 11.5 Å². The maximum Gasteiger partial charge on any atom is 0.0727 e. The molecule has 0 aliphatic heterocycles. The van der Waals surface area contributed by atoms with Crippen molar-refractivity contribution in [3.05, 3.63) is 0 Å². The molecular weight excluding hydrogens is 108 g/mol. The zero-order valence-electron chi connectivity index (χ0n) is 4.18. The number of rotatable bonds is 3. The molecule has 2 nitrogen and oxygen atoms in total. The minimum Gasteiger partial charge on any atom is -0.393 e. The summed E-state index contributed by atoms with van der Waals surface area (Å²) in [5, 5.41) is 0. The zero-order valence-corrected chi connectivity index (χ0v) is 5.00. The molecule has 0 rings (SSSR count). The van der Waals surface area contributed by atoms with Crippen molar-refractivity contribution in [1.82, 2.24) is 0 Å². The Hall–Kier alpha value is -0.150. The van der Waals surface area contributed by atoms with Crippen LogP contribution in [0.5, 0.6) is 0 Å². The highest BCUT2D eigenvalue weighted by atomic mass is 32.1. The molecule has 4 N–H and O–H groups in total. The van der Waals surface area contributed by atoms with Gasteiger partial charge in [-0.3, -0.25) is 0 Å². The van der Waals surface area contributed by atoms with E-state index in [1.54, 1.807) is 0 Å². The van der Waals surface area contributed by atoms with Crippen molar-refractivity contribution in [1.29, 1.82) is 0 Å². The van der Waals surface area contributed by atoms with Gasteiger partial charge in [0.15, 0.2) is 0 Å². The highest BCUT2D eigenvalue weighted by Crippen LogP contribution is 1.83. The first kappa shape index (κ1) is 6.85. The minimum absolute atomic E-state index is 0.561. The molecule has 0 bridgehead atoms. The Morgan fingerprint density at radius 3 is 2.29 bits per heavy atom. The van der Waals surface area contributed by atoms with Gasteiger partial charge >= 0.3 is 0 Å². The van der Waals surface area contributed by atoms with E-state index in [-0.39, 0.29) is 0 Å². The quantitative estimate of drug-likeness (QED) is 0.513. The van der Waals surface area contributed by atoms with Crippen molar-refractivity contribution >= 4 is 17.2 Å². The van der Waals surface area contributed by atoms with Crippen molar-refractivity contribution < 1.29 is 0 Å². The van der Waals surface area contributed by atoms with Gasteiger partial charge in [-0.05, 0) is 19.4 Å². The molecule has 0 aromatic rings. The van der Waals surface area contributed by atoms with Gasteiger partial charge in [-0.15, -0.1) is 0 Å². The summed E-state index contributed by atoms with van der Waals surface area (Å²) in [6, 6.07) is 0. The smallest absolute Gasteiger partial charge is 0.0727 e. The Labute approximate surface area is 48.9 Å². The van der Waals surface area contributed by atoms with Crippen molar-refractivity contribution in [2.24, 2.45) is 11.5 Å². The first-order chi connectivity index (χ1) is 3.27. The molecule has 42 valence electrons. The maximum absolute atomic E-state index is 5.16. The van der Waals surface area contributed by atoms with E-state index in [2.05, 4.69) is 12.2 Å². The first-order valence-electron chi connectivity index (χ1n) is 2.25. The van der Waals surface area contributed by atoms with Gasteiger partial charge in [0, 0.05) is 0 Å². The van der Waals surface area contributed by atoms with E-state index in [4.69, 9.17) is 11.5 Å². The molecule has 0 aromatic heterocycles. The summed E-state index contributed by atoms with van der Waals surface area (Å²) in [6.45, 7) is 0.678. The first-order valence-corrected chi connectivity index (χ1v) is 2.66. The van der Waals surface area contributed by atoms with Crippen LogP contribution in [0.1, 0.15) is 12.8 Å². The predicted molar refractivity (Wildman–Crippen MR) is 35.1 cm³/mol. The molecule has 0 amide bonds. The largest absolute Gasteiger partial charge is 0.393 e. The van der Waals surface area contributed by atoms with Gasteiger partial charge in [-0.25, -0.2) is 0 Å². The monoisotopic (exact) mass is 118 g/mol. The van der Waals surface area contributed by atoms with Crippen molar-refractivity contribution in [2.45, 2.75) is 12.8 Å². The van der Waals surface area contributed by atoms with Crippen LogP contribution >= 0.6 is 12.2 Å². The Bertz CT molecular complexity index is 62.7. The van der Waals surface area contributed by atoms with Crippen LogP contribution in [0.25, 0.3) is 0 Å². The Kier molecular flexibility index (Phi) is 3.93. The molecule has 0 fully saturated rings. The normalized spacial score (nSPS) is 8.71. The van der Waals surface area contributed by atoms with Gasteiger partial charge in [0.05, 0.1) is 4.99 Å². The van der Waals surface area contributed by atoms with Crippen molar-refractivity contribution in [3.63, 3.8) is 0 Å². The van der Waals surface area contributed by atoms with E-state index in [1.165, 1.54) is 0 Å². The fourth-order valence-corrected chi connectivity index (χ4v) is 0.421. The molecule has 0 saturated heterocycles. The molecule has 0 aromatic carbocycles. The van der Waals surface area contributed by atoms with E-state index in [9.17, 15) is 0 Å². The van der Waals surface area contributed by atoms with Crippen LogP contribution in [-0.2, 0) is 0 Å². The fraction of sp³-hybridized carbons (Fsp3) is 0.750. The van der Waals surface area contributed by atoms with Crippen LogP contribution in [0.4, 0.5) is 0 Å². The van der Waals surface area contributed by atoms with E-state index in [0.717, 1.165) is 12.8 Å². The minimum atomic E-state index is 0.561. The number of nitrogens with two attached hydrogens (primary N) is 2. The average Bonchev–Trinajstić information content (AvgIpc) is 1.61. The molecule has 0 radical (unpaired) electrons. The molecule has 0 aliphatic rings. The van der Waals surface area contributed by atoms with Crippen LogP contribution in [0, 0.1) is 0 Å². The lowest BCUT2D eigenvalue weighted by molar-refractivity contribution is 0.880. The molecule has 7 heavy (non-hydrogen) atoms. The second kappa shape index (κ2) is 4.02. The maximum atomic E-state index is 5.16. The number of thiocarbonyl (C=S) groups is 1. The lowest BCUT2D eigenvalue weighted by Crippen LogP contribution is -2.10. The SMILES string of the molecule is NCCCC(N)=S. The Morgan fingerprint density at radius 1 is 1.57 bits per heavy atom. The highest BCUT2D eigenvalue weighted by Gasteiger charge is 1.83. The van der Waals surface area contributed by atoms with Gasteiger partial charge in [-0.2, -0.15) is 0 Å². The van der Waals surface area contributed by atoms with Gasteiger partial charge in [0.25, 0.3) is 0 Å². The summed E-state index contributed by atoms with van der Waals surface area (Å²) >= 11 is 4.58. The fourth-order valence-electron chi connectivity index (χ4n) is 0.276. The molecule has 3 heteroatoms.